The normalized spacial score (nSPS) is 13.4. The highest BCUT2D eigenvalue weighted by Crippen LogP contribution is 2.26. The van der Waals surface area contributed by atoms with Gasteiger partial charge in [0.25, 0.3) is 0 Å². The van der Waals surface area contributed by atoms with E-state index in [1.807, 2.05) is 17.9 Å². The molecule has 20 heavy (non-hydrogen) atoms. The van der Waals surface area contributed by atoms with Gasteiger partial charge in [0.05, 0.1) is 12.2 Å². The maximum Gasteiger partial charge on any atom is 0.0607 e. The van der Waals surface area contributed by atoms with Crippen LogP contribution in [0.4, 0.5) is 0 Å². The Morgan fingerprint density at radius 2 is 1.80 bits per heavy atom. The van der Waals surface area contributed by atoms with Crippen molar-refractivity contribution in [2.45, 2.75) is 39.2 Å². The SMILES string of the molecule is CCNC(c1ccc(C(C)(C)C)cc1)c1cnn(C)c1. The summed E-state index contributed by atoms with van der Waals surface area (Å²) in [5.74, 6) is 0. The molecule has 0 aliphatic carbocycles. The molecule has 1 aromatic carbocycles. The number of nitrogens with one attached hydrogen (secondary N) is 1. The van der Waals surface area contributed by atoms with Gasteiger partial charge in [-0.3, -0.25) is 4.68 Å². The predicted octanol–water partition coefficient (Wildman–Crippen LogP) is 3.42. The molecule has 0 saturated carbocycles. The van der Waals surface area contributed by atoms with E-state index in [0.29, 0.717) is 0 Å². The molecule has 1 unspecified atom stereocenters. The summed E-state index contributed by atoms with van der Waals surface area (Å²) < 4.78 is 1.85. The maximum atomic E-state index is 4.28. The van der Waals surface area contributed by atoms with Gasteiger partial charge in [0.1, 0.15) is 0 Å². The van der Waals surface area contributed by atoms with Crippen LogP contribution in [0.15, 0.2) is 36.7 Å². The first-order chi connectivity index (χ1) is 9.41. The third kappa shape index (κ3) is 3.28. The molecule has 1 atom stereocenters. The van der Waals surface area contributed by atoms with E-state index in [1.54, 1.807) is 0 Å². The standard InChI is InChI=1S/C17H25N3/c1-6-18-16(14-11-19-20(5)12-14)13-7-9-15(10-8-13)17(2,3)4/h7-12,16,18H,6H2,1-5H3. The Labute approximate surface area is 122 Å². The fraction of sp³-hybridized carbons (Fsp3) is 0.471. The van der Waals surface area contributed by atoms with E-state index in [9.17, 15) is 0 Å². The van der Waals surface area contributed by atoms with Crippen LogP contribution in [0, 0.1) is 0 Å². The summed E-state index contributed by atoms with van der Waals surface area (Å²) >= 11 is 0. The van der Waals surface area contributed by atoms with Gasteiger partial charge in [0, 0.05) is 18.8 Å². The second-order valence-corrected chi connectivity index (χ2v) is 6.31. The van der Waals surface area contributed by atoms with Crippen molar-refractivity contribution >= 4 is 0 Å². The lowest BCUT2D eigenvalue weighted by atomic mass is 9.86. The Hall–Kier alpha value is -1.61. The highest BCUT2D eigenvalue weighted by molar-refractivity contribution is 5.33. The minimum atomic E-state index is 0.195. The van der Waals surface area contributed by atoms with Gasteiger partial charge in [0.15, 0.2) is 0 Å². The van der Waals surface area contributed by atoms with Crippen molar-refractivity contribution in [3.8, 4) is 0 Å². The average Bonchev–Trinajstić information content (AvgIpc) is 2.81. The Kier molecular flexibility index (Phi) is 4.29. The molecule has 0 bridgehead atoms. The number of aromatic nitrogens is 2. The fourth-order valence-corrected chi connectivity index (χ4v) is 2.40. The van der Waals surface area contributed by atoms with Crippen LogP contribution in [0.1, 0.15) is 50.4 Å². The topological polar surface area (TPSA) is 29.9 Å². The lowest BCUT2D eigenvalue weighted by Crippen LogP contribution is -2.22. The summed E-state index contributed by atoms with van der Waals surface area (Å²) in [4.78, 5) is 0. The van der Waals surface area contributed by atoms with E-state index >= 15 is 0 Å². The largest absolute Gasteiger partial charge is 0.306 e. The van der Waals surface area contributed by atoms with Gasteiger partial charge < -0.3 is 5.32 Å². The van der Waals surface area contributed by atoms with Crippen LogP contribution < -0.4 is 5.32 Å². The van der Waals surface area contributed by atoms with Crippen LogP contribution >= 0.6 is 0 Å². The summed E-state index contributed by atoms with van der Waals surface area (Å²) in [5.41, 5.74) is 4.05. The zero-order valence-corrected chi connectivity index (χ0v) is 13.1. The third-order valence-electron chi connectivity index (χ3n) is 3.58. The summed E-state index contributed by atoms with van der Waals surface area (Å²) in [5, 5.41) is 7.81. The molecule has 1 N–H and O–H groups in total. The minimum absolute atomic E-state index is 0.195. The molecule has 0 spiro atoms. The van der Waals surface area contributed by atoms with Crippen molar-refractivity contribution in [2.24, 2.45) is 7.05 Å². The number of benzene rings is 1. The van der Waals surface area contributed by atoms with E-state index < -0.39 is 0 Å². The van der Waals surface area contributed by atoms with E-state index in [-0.39, 0.29) is 11.5 Å². The van der Waals surface area contributed by atoms with Crippen molar-refractivity contribution < 1.29 is 0 Å². The van der Waals surface area contributed by atoms with Crippen molar-refractivity contribution in [3.05, 3.63) is 53.3 Å². The maximum absolute atomic E-state index is 4.28. The molecular formula is C17H25N3. The first-order valence-corrected chi connectivity index (χ1v) is 7.24. The zero-order valence-electron chi connectivity index (χ0n) is 13.1. The first kappa shape index (κ1) is 14.8. The molecule has 108 valence electrons. The number of aryl methyl sites for hydroxylation is 1. The molecular weight excluding hydrogens is 246 g/mol. The van der Waals surface area contributed by atoms with Crippen LogP contribution in [0.5, 0.6) is 0 Å². The van der Waals surface area contributed by atoms with Crippen LogP contribution in [0.2, 0.25) is 0 Å². The Morgan fingerprint density at radius 3 is 2.25 bits per heavy atom. The average molecular weight is 271 g/mol. The zero-order chi connectivity index (χ0) is 14.8. The van der Waals surface area contributed by atoms with Gasteiger partial charge in [-0.1, -0.05) is 52.0 Å². The molecule has 2 aromatic rings. The first-order valence-electron chi connectivity index (χ1n) is 7.24. The smallest absolute Gasteiger partial charge is 0.0607 e. The monoisotopic (exact) mass is 271 g/mol. The van der Waals surface area contributed by atoms with Gasteiger partial charge in [-0.2, -0.15) is 5.10 Å². The summed E-state index contributed by atoms with van der Waals surface area (Å²) in [6.45, 7) is 9.79. The Morgan fingerprint density at radius 1 is 1.15 bits per heavy atom. The Bertz CT molecular complexity index is 546. The molecule has 1 aromatic heterocycles. The molecule has 1 heterocycles. The molecule has 3 heteroatoms. The fourth-order valence-electron chi connectivity index (χ4n) is 2.40. The van der Waals surface area contributed by atoms with E-state index in [0.717, 1.165) is 6.54 Å². The summed E-state index contributed by atoms with van der Waals surface area (Å²) in [6.07, 6.45) is 4.01. The van der Waals surface area contributed by atoms with Crippen LogP contribution in [0.3, 0.4) is 0 Å². The number of nitrogens with zero attached hydrogens (tertiary/aromatic N) is 2. The Balaban J connectivity index is 2.30. The lowest BCUT2D eigenvalue weighted by Gasteiger charge is -2.21. The molecule has 0 fully saturated rings. The van der Waals surface area contributed by atoms with Crippen LogP contribution in [-0.2, 0) is 12.5 Å². The van der Waals surface area contributed by atoms with Gasteiger partial charge in [-0.15, -0.1) is 0 Å². The van der Waals surface area contributed by atoms with Gasteiger partial charge in [-0.05, 0) is 23.1 Å². The van der Waals surface area contributed by atoms with Gasteiger partial charge in [-0.25, -0.2) is 0 Å². The minimum Gasteiger partial charge on any atom is -0.306 e. The molecule has 0 radical (unpaired) electrons. The van der Waals surface area contributed by atoms with E-state index in [1.165, 1.54) is 16.7 Å². The number of hydrogen-bond acceptors (Lipinski definition) is 2. The molecule has 0 saturated heterocycles. The van der Waals surface area contributed by atoms with Crippen LogP contribution in [0.25, 0.3) is 0 Å². The summed E-state index contributed by atoms with van der Waals surface area (Å²) in [6, 6.07) is 9.12. The quantitative estimate of drug-likeness (QED) is 0.923. The van der Waals surface area contributed by atoms with Crippen molar-refractivity contribution in [1.82, 2.24) is 15.1 Å². The molecule has 0 aliphatic heterocycles. The summed E-state index contributed by atoms with van der Waals surface area (Å²) in [7, 11) is 1.95. The van der Waals surface area contributed by atoms with Gasteiger partial charge in [0.2, 0.25) is 0 Å². The van der Waals surface area contributed by atoms with Crippen molar-refractivity contribution in [1.29, 1.82) is 0 Å². The number of rotatable bonds is 4. The lowest BCUT2D eigenvalue weighted by molar-refractivity contribution is 0.587. The third-order valence-corrected chi connectivity index (χ3v) is 3.58. The second kappa shape index (κ2) is 5.80. The second-order valence-electron chi connectivity index (χ2n) is 6.31. The predicted molar refractivity (Wildman–Crippen MR) is 83.9 cm³/mol. The highest BCUT2D eigenvalue weighted by Gasteiger charge is 2.17. The van der Waals surface area contributed by atoms with E-state index in [4.69, 9.17) is 0 Å². The molecule has 0 aliphatic rings. The molecule has 3 nitrogen and oxygen atoms in total. The van der Waals surface area contributed by atoms with Crippen LogP contribution in [-0.4, -0.2) is 16.3 Å². The van der Waals surface area contributed by atoms with Crippen molar-refractivity contribution in [2.75, 3.05) is 6.54 Å². The van der Waals surface area contributed by atoms with E-state index in [2.05, 4.69) is 68.6 Å². The van der Waals surface area contributed by atoms with Gasteiger partial charge >= 0.3 is 0 Å². The number of hydrogen-bond donors (Lipinski definition) is 1. The molecule has 0 amide bonds. The van der Waals surface area contributed by atoms with Crippen molar-refractivity contribution in [3.63, 3.8) is 0 Å². The highest BCUT2D eigenvalue weighted by atomic mass is 15.2. The molecule has 2 rings (SSSR count).